The number of halogens is 1. The highest BCUT2D eigenvalue weighted by Crippen LogP contribution is 2.34. The van der Waals surface area contributed by atoms with Crippen LogP contribution in [0.2, 0.25) is 5.02 Å². The number of nitrogens with zero attached hydrogens (tertiary/aromatic N) is 1. The lowest BCUT2D eigenvalue weighted by molar-refractivity contribution is -0.383. The summed E-state index contributed by atoms with van der Waals surface area (Å²) in [7, 11) is 0. The normalized spacial score (nSPS) is 11.3. The van der Waals surface area contributed by atoms with E-state index < -0.39 is 4.92 Å². The number of benzene rings is 1. The van der Waals surface area contributed by atoms with E-state index in [2.05, 4.69) is 25.2 Å². The number of nitro benzene ring substituents is 1. The van der Waals surface area contributed by atoms with Crippen molar-refractivity contribution < 1.29 is 4.92 Å². The summed E-state index contributed by atoms with van der Waals surface area (Å²) >= 11 is 7.57. The molecule has 0 aliphatic heterocycles. The van der Waals surface area contributed by atoms with Crippen LogP contribution >= 0.6 is 22.9 Å². The van der Waals surface area contributed by atoms with Crippen LogP contribution in [0.1, 0.15) is 18.7 Å². The van der Waals surface area contributed by atoms with Gasteiger partial charge in [0.25, 0.3) is 0 Å². The summed E-state index contributed by atoms with van der Waals surface area (Å²) in [4.78, 5) is 11.9. The maximum atomic E-state index is 11.1. The van der Waals surface area contributed by atoms with Gasteiger partial charge in [0.1, 0.15) is 10.7 Å². The Morgan fingerprint density at radius 1 is 1.35 bits per heavy atom. The molecule has 0 fully saturated rings. The molecule has 1 aromatic heterocycles. The summed E-state index contributed by atoms with van der Waals surface area (Å²) < 4.78 is 0. The van der Waals surface area contributed by atoms with Gasteiger partial charge < -0.3 is 5.32 Å². The van der Waals surface area contributed by atoms with Gasteiger partial charge in [0.15, 0.2) is 0 Å². The fourth-order valence-corrected chi connectivity index (χ4v) is 3.01. The Morgan fingerprint density at radius 3 is 2.70 bits per heavy atom. The van der Waals surface area contributed by atoms with E-state index in [1.807, 2.05) is 11.4 Å². The molecule has 2 aromatic rings. The predicted molar refractivity (Wildman–Crippen MR) is 83.9 cm³/mol. The van der Waals surface area contributed by atoms with Gasteiger partial charge in [-0.15, -0.1) is 11.3 Å². The zero-order chi connectivity index (χ0) is 14.8. The minimum Gasteiger partial charge on any atom is -0.379 e. The van der Waals surface area contributed by atoms with Crippen molar-refractivity contribution in [1.82, 2.24) is 0 Å². The van der Waals surface area contributed by atoms with Crippen molar-refractivity contribution in [3.8, 4) is 0 Å². The molecule has 0 bridgehead atoms. The SMILES string of the molecule is CC(C)(CNc1cccc(Cl)c1[N+](=O)[O-])c1cccs1. The van der Waals surface area contributed by atoms with Gasteiger partial charge in [0, 0.05) is 16.8 Å². The summed E-state index contributed by atoms with van der Waals surface area (Å²) in [5, 5.41) is 16.4. The van der Waals surface area contributed by atoms with Crippen LogP contribution in [0.5, 0.6) is 0 Å². The zero-order valence-electron chi connectivity index (χ0n) is 11.2. The summed E-state index contributed by atoms with van der Waals surface area (Å²) in [5.41, 5.74) is 0.271. The van der Waals surface area contributed by atoms with Crippen LogP contribution in [0.25, 0.3) is 0 Å². The Hall–Kier alpha value is -1.59. The molecule has 1 heterocycles. The molecule has 4 nitrogen and oxygen atoms in total. The Balaban J connectivity index is 2.20. The van der Waals surface area contributed by atoms with Gasteiger partial charge in [-0.2, -0.15) is 0 Å². The van der Waals surface area contributed by atoms with Crippen molar-refractivity contribution in [2.75, 3.05) is 11.9 Å². The molecule has 2 rings (SSSR count). The first-order valence-electron chi connectivity index (χ1n) is 6.12. The number of hydrogen-bond donors (Lipinski definition) is 1. The molecule has 1 N–H and O–H groups in total. The first-order chi connectivity index (χ1) is 9.42. The van der Waals surface area contributed by atoms with Crippen LogP contribution in [0, 0.1) is 10.1 Å². The van der Waals surface area contributed by atoms with Crippen molar-refractivity contribution in [2.45, 2.75) is 19.3 Å². The summed E-state index contributed by atoms with van der Waals surface area (Å²) in [6.45, 7) is 4.79. The van der Waals surface area contributed by atoms with E-state index in [-0.39, 0.29) is 16.1 Å². The third kappa shape index (κ3) is 3.11. The second kappa shape index (κ2) is 5.81. The van der Waals surface area contributed by atoms with Crippen molar-refractivity contribution in [3.05, 3.63) is 55.7 Å². The molecule has 0 amide bonds. The van der Waals surface area contributed by atoms with Crippen LogP contribution in [0.4, 0.5) is 11.4 Å². The molecule has 20 heavy (non-hydrogen) atoms. The molecule has 0 radical (unpaired) electrons. The van der Waals surface area contributed by atoms with Crippen LogP contribution in [0.3, 0.4) is 0 Å². The summed E-state index contributed by atoms with van der Waals surface area (Å²) in [6.07, 6.45) is 0. The molecule has 106 valence electrons. The third-order valence-electron chi connectivity index (χ3n) is 3.08. The van der Waals surface area contributed by atoms with Gasteiger partial charge in [-0.05, 0) is 23.6 Å². The Bertz CT molecular complexity index is 612. The van der Waals surface area contributed by atoms with Gasteiger partial charge in [0.2, 0.25) is 0 Å². The quantitative estimate of drug-likeness (QED) is 0.643. The largest absolute Gasteiger partial charge is 0.379 e. The molecule has 0 aliphatic carbocycles. The van der Waals surface area contributed by atoms with E-state index in [0.717, 1.165) is 0 Å². The average Bonchev–Trinajstić information content (AvgIpc) is 2.90. The molecule has 6 heteroatoms. The van der Waals surface area contributed by atoms with Gasteiger partial charge >= 0.3 is 5.69 Å². The smallest absolute Gasteiger partial charge is 0.310 e. The first-order valence-corrected chi connectivity index (χ1v) is 7.38. The predicted octanol–water partition coefficient (Wildman–Crippen LogP) is 4.70. The molecule has 0 aliphatic rings. The van der Waals surface area contributed by atoms with Crippen molar-refractivity contribution in [3.63, 3.8) is 0 Å². The average molecular weight is 311 g/mol. The molecule has 0 saturated heterocycles. The van der Waals surface area contributed by atoms with Gasteiger partial charge in [-0.1, -0.05) is 37.6 Å². The molecule has 0 atom stereocenters. The lowest BCUT2D eigenvalue weighted by Crippen LogP contribution is -2.26. The minimum atomic E-state index is -0.456. The van der Waals surface area contributed by atoms with Crippen LogP contribution in [0.15, 0.2) is 35.7 Å². The lowest BCUT2D eigenvalue weighted by Gasteiger charge is -2.24. The summed E-state index contributed by atoms with van der Waals surface area (Å²) in [5.74, 6) is 0. The van der Waals surface area contributed by atoms with E-state index in [1.165, 1.54) is 10.9 Å². The maximum Gasteiger partial charge on any atom is 0.310 e. The highest BCUT2D eigenvalue weighted by molar-refractivity contribution is 7.10. The standard InChI is InChI=1S/C14H15ClN2O2S/c1-14(2,12-7-4-8-20-12)9-16-11-6-3-5-10(15)13(11)17(18)19/h3-8,16H,9H2,1-2H3. The second-order valence-electron chi connectivity index (χ2n) is 5.11. The maximum absolute atomic E-state index is 11.1. The summed E-state index contributed by atoms with van der Waals surface area (Å²) in [6, 6.07) is 8.97. The molecule has 1 aromatic carbocycles. The zero-order valence-corrected chi connectivity index (χ0v) is 12.8. The number of anilines is 1. The van der Waals surface area contributed by atoms with E-state index >= 15 is 0 Å². The monoisotopic (exact) mass is 310 g/mol. The number of nitro groups is 1. The second-order valence-corrected chi connectivity index (χ2v) is 6.46. The highest BCUT2D eigenvalue weighted by Gasteiger charge is 2.24. The number of rotatable bonds is 5. The molecular weight excluding hydrogens is 296 g/mol. The fourth-order valence-electron chi connectivity index (χ4n) is 1.91. The Morgan fingerprint density at radius 2 is 2.10 bits per heavy atom. The lowest BCUT2D eigenvalue weighted by atomic mass is 9.91. The highest BCUT2D eigenvalue weighted by atomic mass is 35.5. The topological polar surface area (TPSA) is 55.2 Å². The van der Waals surface area contributed by atoms with Gasteiger partial charge in [-0.25, -0.2) is 0 Å². The van der Waals surface area contributed by atoms with Crippen LogP contribution < -0.4 is 5.32 Å². The number of thiophene rings is 1. The first kappa shape index (κ1) is 14.8. The van der Waals surface area contributed by atoms with E-state index in [1.54, 1.807) is 23.5 Å². The van der Waals surface area contributed by atoms with E-state index in [9.17, 15) is 10.1 Å². The molecule has 0 spiro atoms. The van der Waals surface area contributed by atoms with Crippen LogP contribution in [-0.2, 0) is 5.41 Å². The van der Waals surface area contributed by atoms with E-state index in [0.29, 0.717) is 12.2 Å². The van der Waals surface area contributed by atoms with Crippen LogP contribution in [-0.4, -0.2) is 11.5 Å². The number of hydrogen-bond acceptors (Lipinski definition) is 4. The number of para-hydroxylation sites is 1. The minimum absolute atomic E-state index is 0.0730. The molecule has 0 saturated carbocycles. The van der Waals surface area contributed by atoms with Crippen molar-refractivity contribution >= 4 is 34.3 Å². The van der Waals surface area contributed by atoms with Crippen molar-refractivity contribution in [1.29, 1.82) is 0 Å². The van der Waals surface area contributed by atoms with Crippen molar-refractivity contribution in [2.24, 2.45) is 0 Å². The van der Waals surface area contributed by atoms with E-state index in [4.69, 9.17) is 11.6 Å². The Labute approximate surface area is 126 Å². The molecule has 0 unspecified atom stereocenters. The third-order valence-corrected chi connectivity index (χ3v) is 4.62. The van der Waals surface area contributed by atoms with Gasteiger partial charge in [-0.3, -0.25) is 10.1 Å². The Kier molecular flexibility index (Phi) is 4.30. The number of nitrogens with one attached hydrogen (secondary N) is 1. The fraction of sp³-hybridized carbons (Fsp3) is 0.286. The molecular formula is C14H15ClN2O2S. The van der Waals surface area contributed by atoms with Gasteiger partial charge in [0.05, 0.1) is 4.92 Å².